The van der Waals surface area contributed by atoms with Gasteiger partial charge in [0.15, 0.2) is 11.6 Å². The first kappa shape index (κ1) is 21.0. The Balaban J connectivity index is 1.34. The molecule has 162 valence electrons. The molecule has 7 heteroatoms. The van der Waals surface area contributed by atoms with Gasteiger partial charge in [0.1, 0.15) is 11.6 Å². The molecular formula is C23H28F3N3O. The van der Waals surface area contributed by atoms with Crippen LogP contribution in [0.1, 0.15) is 18.4 Å². The minimum absolute atomic E-state index is 0.109. The molecule has 2 aliphatic heterocycles. The zero-order valence-corrected chi connectivity index (χ0v) is 17.3. The molecule has 0 spiro atoms. The number of piperazine rings is 1. The van der Waals surface area contributed by atoms with E-state index in [9.17, 15) is 13.2 Å². The summed E-state index contributed by atoms with van der Waals surface area (Å²) in [6.07, 6.45) is 2.05. The first-order valence-electron chi connectivity index (χ1n) is 10.5. The van der Waals surface area contributed by atoms with E-state index in [2.05, 4.69) is 21.9 Å². The van der Waals surface area contributed by atoms with Crippen LogP contribution in [0.3, 0.4) is 0 Å². The molecule has 4 rings (SSSR count). The van der Waals surface area contributed by atoms with E-state index >= 15 is 0 Å². The van der Waals surface area contributed by atoms with Crippen LogP contribution in [0.25, 0.3) is 0 Å². The van der Waals surface area contributed by atoms with Gasteiger partial charge < -0.3 is 9.64 Å². The number of nitrogens with zero attached hydrogens (tertiary/aromatic N) is 3. The van der Waals surface area contributed by atoms with E-state index in [1.165, 1.54) is 5.69 Å². The van der Waals surface area contributed by atoms with Crippen molar-refractivity contribution in [3.05, 3.63) is 59.4 Å². The number of likely N-dealkylation sites (tertiary alicyclic amines) is 1. The van der Waals surface area contributed by atoms with Crippen LogP contribution in [0.15, 0.2) is 36.4 Å². The fourth-order valence-electron chi connectivity index (χ4n) is 4.55. The van der Waals surface area contributed by atoms with Gasteiger partial charge in [-0.15, -0.1) is 0 Å². The normalized spacial score (nSPS) is 21.1. The smallest absolute Gasteiger partial charge is 0.166 e. The Morgan fingerprint density at radius 1 is 0.900 bits per heavy atom. The third-order valence-corrected chi connectivity index (χ3v) is 6.27. The summed E-state index contributed by atoms with van der Waals surface area (Å²) in [5.74, 6) is -1.88. The molecule has 0 amide bonds. The van der Waals surface area contributed by atoms with Crippen LogP contribution in [0.4, 0.5) is 18.9 Å². The Morgan fingerprint density at radius 2 is 1.60 bits per heavy atom. The standard InChI is InChI=1S/C23H28F3N3O/c1-30-19-6-4-17(5-7-19)28-11-13-29(14-12-28)18-3-2-10-27(15-18)16-20-21(24)8-9-22(25)23(20)26/h4-9,18H,2-3,10-16H2,1H3/t18-/m1/s1. The minimum Gasteiger partial charge on any atom is -0.497 e. The van der Waals surface area contributed by atoms with Crippen molar-refractivity contribution in [1.29, 1.82) is 0 Å². The second-order valence-electron chi connectivity index (χ2n) is 8.07. The van der Waals surface area contributed by atoms with Crippen molar-refractivity contribution in [3.8, 4) is 5.75 Å². The molecule has 0 unspecified atom stereocenters. The fourth-order valence-corrected chi connectivity index (χ4v) is 4.55. The topological polar surface area (TPSA) is 19.0 Å². The van der Waals surface area contributed by atoms with Gasteiger partial charge in [0, 0.05) is 56.6 Å². The van der Waals surface area contributed by atoms with Gasteiger partial charge in [0.05, 0.1) is 7.11 Å². The summed E-state index contributed by atoms with van der Waals surface area (Å²) in [5.41, 5.74) is 1.03. The van der Waals surface area contributed by atoms with Gasteiger partial charge in [-0.1, -0.05) is 0 Å². The van der Waals surface area contributed by atoms with E-state index in [1.54, 1.807) is 7.11 Å². The van der Waals surface area contributed by atoms with Gasteiger partial charge in [-0.2, -0.15) is 0 Å². The summed E-state index contributed by atoms with van der Waals surface area (Å²) in [6, 6.07) is 10.3. The van der Waals surface area contributed by atoms with Gasteiger partial charge in [-0.05, 0) is 55.8 Å². The summed E-state index contributed by atoms with van der Waals surface area (Å²) in [7, 11) is 1.66. The average molecular weight is 419 g/mol. The highest BCUT2D eigenvalue weighted by molar-refractivity contribution is 5.49. The highest BCUT2D eigenvalue weighted by Crippen LogP contribution is 2.25. The number of hydrogen-bond acceptors (Lipinski definition) is 4. The van der Waals surface area contributed by atoms with Gasteiger partial charge in [-0.3, -0.25) is 9.80 Å². The minimum atomic E-state index is -1.06. The number of hydrogen-bond donors (Lipinski definition) is 0. The van der Waals surface area contributed by atoms with Crippen molar-refractivity contribution >= 4 is 5.69 Å². The van der Waals surface area contributed by atoms with Crippen LogP contribution >= 0.6 is 0 Å². The zero-order chi connectivity index (χ0) is 21.1. The number of halogens is 3. The highest BCUT2D eigenvalue weighted by atomic mass is 19.2. The summed E-state index contributed by atoms with van der Waals surface area (Å²) >= 11 is 0. The van der Waals surface area contributed by atoms with Crippen molar-refractivity contribution in [2.75, 3.05) is 51.3 Å². The van der Waals surface area contributed by atoms with Crippen LogP contribution in [-0.4, -0.2) is 62.2 Å². The molecule has 2 aromatic carbocycles. The van der Waals surface area contributed by atoms with Gasteiger partial charge in [0.25, 0.3) is 0 Å². The Labute approximate surface area is 175 Å². The molecule has 2 aromatic rings. The molecule has 0 radical (unpaired) electrons. The lowest BCUT2D eigenvalue weighted by Crippen LogP contribution is -2.55. The average Bonchev–Trinajstić information content (AvgIpc) is 2.80. The Hall–Kier alpha value is -2.25. The fraction of sp³-hybridized carbons (Fsp3) is 0.478. The van der Waals surface area contributed by atoms with Crippen LogP contribution in [0.5, 0.6) is 5.75 Å². The third-order valence-electron chi connectivity index (χ3n) is 6.27. The van der Waals surface area contributed by atoms with Gasteiger partial charge >= 0.3 is 0 Å². The molecule has 2 saturated heterocycles. The maximum atomic E-state index is 14.1. The predicted octanol–water partition coefficient (Wildman–Crippen LogP) is 3.90. The molecular weight excluding hydrogens is 391 g/mol. The largest absolute Gasteiger partial charge is 0.497 e. The molecule has 2 fully saturated rings. The summed E-state index contributed by atoms with van der Waals surface area (Å²) in [5, 5.41) is 0. The first-order valence-corrected chi connectivity index (χ1v) is 10.5. The van der Waals surface area contributed by atoms with Crippen molar-refractivity contribution in [1.82, 2.24) is 9.80 Å². The van der Waals surface area contributed by atoms with E-state index in [4.69, 9.17) is 4.74 Å². The Kier molecular flexibility index (Phi) is 6.49. The van der Waals surface area contributed by atoms with Crippen LogP contribution < -0.4 is 9.64 Å². The quantitative estimate of drug-likeness (QED) is 0.685. The van der Waals surface area contributed by atoms with Crippen molar-refractivity contribution in [2.45, 2.75) is 25.4 Å². The first-order chi connectivity index (χ1) is 14.5. The molecule has 2 aliphatic rings. The van der Waals surface area contributed by atoms with E-state index in [0.29, 0.717) is 6.04 Å². The lowest BCUT2D eigenvalue weighted by Gasteiger charge is -2.44. The van der Waals surface area contributed by atoms with E-state index < -0.39 is 17.5 Å². The molecule has 0 N–H and O–H groups in total. The number of piperidine rings is 1. The summed E-state index contributed by atoms with van der Waals surface area (Å²) < 4.78 is 46.8. The van der Waals surface area contributed by atoms with Gasteiger partial charge in [0.2, 0.25) is 0 Å². The maximum Gasteiger partial charge on any atom is 0.166 e. The zero-order valence-electron chi connectivity index (χ0n) is 17.3. The van der Waals surface area contributed by atoms with E-state index in [-0.39, 0.29) is 12.1 Å². The van der Waals surface area contributed by atoms with Crippen molar-refractivity contribution in [3.63, 3.8) is 0 Å². The lowest BCUT2D eigenvalue weighted by molar-refractivity contribution is 0.0873. The second kappa shape index (κ2) is 9.27. The van der Waals surface area contributed by atoms with Crippen LogP contribution in [-0.2, 0) is 6.54 Å². The Morgan fingerprint density at radius 3 is 2.30 bits per heavy atom. The number of benzene rings is 2. The van der Waals surface area contributed by atoms with E-state index in [0.717, 1.165) is 70.0 Å². The van der Waals surface area contributed by atoms with Gasteiger partial charge in [-0.25, -0.2) is 13.2 Å². The van der Waals surface area contributed by atoms with Crippen molar-refractivity contribution < 1.29 is 17.9 Å². The predicted molar refractivity (Wildman–Crippen MR) is 111 cm³/mol. The number of rotatable bonds is 5. The summed E-state index contributed by atoms with van der Waals surface area (Å²) in [4.78, 5) is 6.89. The molecule has 0 bridgehead atoms. The van der Waals surface area contributed by atoms with Crippen LogP contribution in [0.2, 0.25) is 0 Å². The molecule has 2 heterocycles. The van der Waals surface area contributed by atoms with E-state index in [1.807, 2.05) is 17.0 Å². The maximum absolute atomic E-state index is 14.1. The lowest BCUT2D eigenvalue weighted by atomic mass is 10.0. The number of ether oxygens (including phenoxy) is 1. The molecule has 0 saturated carbocycles. The van der Waals surface area contributed by atoms with Crippen LogP contribution in [0, 0.1) is 17.5 Å². The highest BCUT2D eigenvalue weighted by Gasteiger charge is 2.29. The molecule has 0 aliphatic carbocycles. The number of methoxy groups -OCH3 is 1. The molecule has 4 nitrogen and oxygen atoms in total. The van der Waals surface area contributed by atoms with Crippen molar-refractivity contribution in [2.24, 2.45) is 0 Å². The number of anilines is 1. The molecule has 0 aromatic heterocycles. The monoisotopic (exact) mass is 419 g/mol. The Bertz CT molecular complexity index is 854. The SMILES string of the molecule is COc1ccc(N2CCN([C@@H]3CCCN(Cc4c(F)ccc(F)c4F)C3)CC2)cc1. The molecule has 30 heavy (non-hydrogen) atoms. The molecule has 1 atom stereocenters. The third kappa shape index (κ3) is 4.57. The summed E-state index contributed by atoms with van der Waals surface area (Å²) in [6.45, 7) is 5.42. The second-order valence-corrected chi connectivity index (χ2v) is 8.07.